The molecule has 0 aliphatic carbocycles. The van der Waals surface area contributed by atoms with Gasteiger partial charge in [0.15, 0.2) is 0 Å². The highest BCUT2D eigenvalue weighted by Gasteiger charge is 2.03. The Kier molecular flexibility index (Phi) is 4.07. The Bertz CT molecular complexity index is 596. The zero-order valence-corrected chi connectivity index (χ0v) is 11.1. The summed E-state index contributed by atoms with van der Waals surface area (Å²) in [6.45, 7) is 0.404. The van der Waals surface area contributed by atoms with E-state index in [9.17, 15) is 0 Å². The number of nitrogens with one attached hydrogen (secondary N) is 1. The molecule has 0 saturated heterocycles. The third-order valence-electron chi connectivity index (χ3n) is 2.45. The van der Waals surface area contributed by atoms with E-state index in [2.05, 4.69) is 9.97 Å². The molecule has 4 nitrogen and oxygen atoms in total. The second-order valence-electron chi connectivity index (χ2n) is 3.74. The molecule has 2 rings (SSSR count). The molecule has 0 bridgehead atoms. The Morgan fingerprint density at radius 3 is 2.83 bits per heavy atom. The molecule has 0 unspecified atom stereocenters. The summed E-state index contributed by atoms with van der Waals surface area (Å²) in [4.78, 5) is 7.39. The van der Waals surface area contributed by atoms with Crippen LogP contribution in [0.1, 0.15) is 5.82 Å². The van der Waals surface area contributed by atoms with E-state index in [4.69, 9.17) is 21.7 Å². The van der Waals surface area contributed by atoms with Crippen molar-refractivity contribution in [2.24, 2.45) is 0 Å². The molecule has 2 aromatic rings. The third kappa shape index (κ3) is 2.94. The molecule has 0 atom stereocenters. The molecule has 18 heavy (non-hydrogen) atoms. The third-order valence-corrected chi connectivity index (χ3v) is 2.66. The van der Waals surface area contributed by atoms with Crippen LogP contribution in [0.5, 0.6) is 5.75 Å². The zero-order chi connectivity index (χ0) is 13.0. The highest BCUT2D eigenvalue weighted by atomic mass is 32.1. The maximum absolute atomic E-state index is 5.20. The van der Waals surface area contributed by atoms with Gasteiger partial charge in [0.1, 0.15) is 22.8 Å². The molecule has 1 aromatic carbocycles. The summed E-state index contributed by atoms with van der Waals surface area (Å²) in [5.74, 6) is 1.51. The lowest BCUT2D eigenvalue weighted by molar-refractivity contribution is 0.177. The lowest BCUT2D eigenvalue weighted by Crippen LogP contribution is -1.98. The number of hydrogen-bond acceptors (Lipinski definition) is 4. The van der Waals surface area contributed by atoms with E-state index in [0.29, 0.717) is 17.1 Å². The highest BCUT2D eigenvalue weighted by molar-refractivity contribution is 7.71. The molecule has 0 saturated carbocycles. The minimum atomic E-state index is 0.404. The predicted molar refractivity (Wildman–Crippen MR) is 72.1 cm³/mol. The van der Waals surface area contributed by atoms with Crippen LogP contribution < -0.4 is 4.74 Å². The molecule has 94 valence electrons. The summed E-state index contributed by atoms with van der Waals surface area (Å²) in [7, 11) is 3.26. The minimum absolute atomic E-state index is 0.404. The van der Waals surface area contributed by atoms with Crippen molar-refractivity contribution in [3.8, 4) is 17.0 Å². The molecular weight excluding hydrogens is 248 g/mol. The SMILES string of the molecule is COCc1nc(=S)cc(-c2cccc(OC)c2)[nH]1. The van der Waals surface area contributed by atoms with Crippen LogP contribution in [-0.4, -0.2) is 24.2 Å². The first-order valence-electron chi connectivity index (χ1n) is 5.46. The van der Waals surface area contributed by atoms with E-state index in [0.717, 1.165) is 17.0 Å². The fraction of sp³-hybridized carbons (Fsp3) is 0.231. The van der Waals surface area contributed by atoms with Crippen molar-refractivity contribution in [2.75, 3.05) is 14.2 Å². The first-order chi connectivity index (χ1) is 8.72. The number of methoxy groups -OCH3 is 2. The Labute approximate surface area is 111 Å². The number of hydrogen-bond donors (Lipinski definition) is 1. The van der Waals surface area contributed by atoms with Gasteiger partial charge in [-0.05, 0) is 18.2 Å². The summed E-state index contributed by atoms with van der Waals surface area (Å²) in [6.07, 6.45) is 0. The summed E-state index contributed by atoms with van der Waals surface area (Å²) in [6, 6.07) is 9.58. The van der Waals surface area contributed by atoms with Gasteiger partial charge in [0.2, 0.25) is 0 Å². The Morgan fingerprint density at radius 2 is 2.11 bits per heavy atom. The van der Waals surface area contributed by atoms with Crippen molar-refractivity contribution in [3.63, 3.8) is 0 Å². The standard InChI is InChI=1S/C13H14N2O2S/c1-16-8-12-14-11(7-13(18)15-12)9-4-3-5-10(6-9)17-2/h3-7H,8H2,1-2H3,(H,14,15,18). The van der Waals surface area contributed by atoms with E-state index in [-0.39, 0.29) is 0 Å². The fourth-order valence-corrected chi connectivity index (χ4v) is 1.89. The lowest BCUT2D eigenvalue weighted by atomic mass is 10.1. The Morgan fingerprint density at radius 1 is 1.28 bits per heavy atom. The predicted octanol–water partition coefficient (Wildman–Crippen LogP) is 2.96. The molecule has 0 aliphatic heterocycles. The lowest BCUT2D eigenvalue weighted by Gasteiger charge is -2.07. The summed E-state index contributed by atoms with van der Waals surface area (Å²) in [5.41, 5.74) is 1.90. The van der Waals surface area contributed by atoms with Gasteiger partial charge in [-0.1, -0.05) is 24.4 Å². The van der Waals surface area contributed by atoms with Crippen molar-refractivity contribution in [1.82, 2.24) is 9.97 Å². The normalized spacial score (nSPS) is 10.3. The number of H-pyrrole nitrogens is 1. The number of aromatic amines is 1. The maximum atomic E-state index is 5.20. The first-order valence-corrected chi connectivity index (χ1v) is 5.87. The highest BCUT2D eigenvalue weighted by Crippen LogP contribution is 2.22. The van der Waals surface area contributed by atoms with Gasteiger partial charge in [0.05, 0.1) is 7.11 Å². The van der Waals surface area contributed by atoms with E-state index in [1.165, 1.54) is 0 Å². The van der Waals surface area contributed by atoms with Crippen molar-refractivity contribution in [1.29, 1.82) is 0 Å². The first kappa shape index (κ1) is 12.7. The van der Waals surface area contributed by atoms with E-state index in [1.54, 1.807) is 14.2 Å². The average Bonchev–Trinajstić information content (AvgIpc) is 2.38. The number of ether oxygens (including phenoxy) is 2. The number of benzene rings is 1. The topological polar surface area (TPSA) is 47.1 Å². The molecule has 5 heteroatoms. The van der Waals surface area contributed by atoms with Crippen LogP contribution >= 0.6 is 12.2 Å². The van der Waals surface area contributed by atoms with Gasteiger partial charge in [-0.15, -0.1) is 0 Å². The number of aromatic nitrogens is 2. The summed E-state index contributed by atoms with van der Waals surface area (Å²) >= 11 is 5.14. The Hall–Kier alpha value is -1.72. The van der Waals surface area contributed by atoms with Gasteiger partial charge in [-0.3, -0.25) is 0 Å². The number of rotatable bonds is 4. The van der Waals surface area contributed by atoms with Gasteiger partial charge < -0.3 is 14.5 Å². The maximum Gasteiger partial charge on any atom is 0.134 e. The van der Waals surface area contributed by atoms with E-state index in [1.807, 2.05) is 30.3 Å². The molecule has 0 amide bonds. The minimum Gasteiger partial charge on any atom is -0.497 e. The monoisotopic (exact) mass is 262 g/mol. The smallest absolute Gasteiger partial charge is 0.134 e. The van der Waals surface area contributed by atoms with Gasteiger partial charge in [0, 0.05) is 18.4 Å². The molecule has 1 aromatic heterocycles. The van der Waals surface area contributed by atoms with Crippen LogP contribution in [0.25, 0.3) is 11.3 Å². The van der Waals surface area contributed by atoms with Crippen LogP contribution in [0.15, 0.2) is 30.3 Å². The van der Waals surface area contributed by atoms with E-state index >= 15 is 0 Å². The largest absolute Gasteiger partial charge is 0.497 e. The second-order valence-corrected chi connectivity index (χ2v) is 4.16. The van der Waals surface area contributed by atoms with Crippen LogP contribution in [0.3, 0.4) is 0 Å². The van der Waals surface area contributed by atoms with Crippen molar-refractivity contribution in [2.45, 2.75) is 6.61 Å². The average molecular weight is 262 g/mol. The van der Waals surface area contributed by atoms with Crippen molar-refractivity contribution < 1.29 is 9.47 Å². The number of nitrogens with zero attached hydrogens (tertiary/aromatic N) is 1. The van der Waals surface area contributed by atoms with Gasteiger partial charge >= 0.3 is 0 Å². The molecule has 1 N–H and O–H groups in total. The molecular formula is C13H14N2O2S. The van der Waals surface area contributed by atoms with Gasteiger partial charge in [-0.2, -0.15) is 0 Å². The second kappa shape index (κ2) is 5.75. The Balaban J connectivity index is 2.45. The van der Waals surface area contributed by atoms with Crippen molar-refractivity contribution in [3.05, 3.63) is 40.8 Å². The van der Waals surface area contributed by atoms with E-state index < -0.39 is 0 Å². The van der Waals surface area contributed by atoms with Crippen LogP contribution in [-0.2, 0) is 11.3 Å². The summed E-state index contributed by atoms with van der Waals surface area (Å²) in [5, 5.41) is 0. The molecule has 0 spiro atoms. The van der Waals surface area contributed by atoms with Crippen LogP contribution in [0.2, 0.25) is 0 Å². The molecule has 1 heterocycles. The molecule has 0 radical (unpaired) electrons. The zero-order valence-electron chi connectivity index (χ0n) is 10.3. The van der Waals surface area contributed by atoms with Crippen molar-refractivity contribution >= 4 is 12.2 Å². The van der Waals surface area contributed by atoms with Crippen LogP contribution in [0.4, 0.5) is 0 Å². The van der Waals surface area contributed by atoms with Gasteiger partial charge in [0.25, 0.3) is 0 Å². The van der Waals surface area contributed by atoms with Crippen LogP contribution in [0, 0.1) is 4.64 Å². The fourth-order valence-electron chi connectivity index (χ4n) is 1.66. The molecule has 0 aliphatic rings. The summed E-state index contributed by atoms with van der Waals surface area (Å²) < 4.78 is 10.8. The van der Waals surface area contributed by atoms with Gasteiger partial charge in [-0.25, -0.2) is 4.98 Å². The molecule has 0 fully saturated rings. The quantitative estimate of drug-likeness (QED) is 0.861.